The third-order valence-electron chi connectivity index (χ3n) is 3.66. The molecule has 0 saturated carbocycles. The van der Waals surface area contributed by atoms with E-state index in [9.17, 15) is 8.42 Å². The molecule has 2 rings (SSSR count). The molecule has 0 atom stereocenters. The van der Waals surface area contributed by atoms with Gasteiger partial charge in [0.05, 0.1) is 4.90 Å². The van der Waals surface area contributed by atoms with Crippen molar-refractivity contribution in [3.63, 3.8) is 0 Å². The van der Waals surface area contributed by atoms with Crippen LogP contribution >= 0.6 is 15.9 Å². The average Bonchev–Trinajstić information content (AvgIpc) is 2.70. The second-order valence-corrected chi connectivity index (χ2v) is 7.93. The van der Waals surface area contributed by atoms with Crippen molar-refractivity contribution in [3.05, 3.63) is 22.7 Å². The second kappa shape index (κ2) is 7.58. The number of sulfonamides is 1. The minimum absolute atomic E-state index is 0.193. The minimum atomic E-state index is -3.53. The molecule has 0 aliphatic carbocycles. The third-order valence-corrected chi connectivity index (χ3v) is 6.12. The number of benzene rings is 1. The topological polar surface area (TPSA) is 75.4 Å². The summed E-state index contributed by atoms with van der Waals surface area (Å²) in [5.41, 5.74) is 6.10. The summed E-state index contributed by atoms with van der Waals surface area (Å²) in [6, 6.07) is 4.79. The lowest BCUT2D eigenvalue weighted by molar-refractivity contribution is 0.290. The SMILES string of the molecule is Nc1ccc(Br)c(S(=O)(=O)NCCN2CCCCCC2)c1. The number of likely N-dealkylation sites (tertiary alicyclic amines) is 1. The maximum atomic E-state index is 12.3. The molecule has 1 saturated heterocycles. The van der Waals surface area contributed by atoms with Crippen LogP contribution in [0.2, 0.25) is 0 Å². The van der Waals surface area contributed by atoms with Crippen LogP contribution in [0.25, 0.3) is 0 Å². The van der Waals surface area contributed by atoms with E-state index >= 15 is 0 Å². The van der Waals surface area contributed by atoms with Crippen LogP contribution in [0.15, 0.2) is 27.6 Å². The number of nitrogens with two attached hydrogens (primary N) is 1. The minimum Gasteiger partial charge on any atom is -0.399 e. The van der Waals surface area contributed by atoms with Crippen LogP contribution in [0.3, 0.4) is 0 Å². The molecule has 1 aromatic carbocycles. The fourth-order valence-corrected chi connectivity index (χ4v) is 4.52. The van der Waals surface area contributed by atoms with E-state index in [-0.39, 0.29) is 4.90 Å². The van der Waals surface area contributed by atoms with Gasteiger partial charge in [-0.05, 0) is 60.1 Å². The lowest BCUT2D eigenvalue weighted by atomic mass is 10.2. The summed E-state index contributed by atoms with van der Waals surface area (Å²) in [4.78, 5) is 2.52. The Balaban J connectivity index is 1.93. The molecule has 5 nitrogen and oxygen atoms in total. The zero-order valence-corrected chi connectivity index (χ0v) is 14.4. The first kappa shape index (κ1) is 16.7. The lowest BCUT2D eigenvalue weighted by Gasteiger charge is -2.19. The van der Waals surface area contributed by atoms with Crippen LogP contribution in [0.1, 0.15) is 25.7 Å². The Hall–Kier alpha value is -0.630. The van der Waals surface area contributed by atoms with E-state index in [1.807, 2.05) is 0 Å². The standard InChI is InChI=1S/C14H22BrN3O2S/c15-13-6-5-12(16)11-14(13)21(19,20)17-7-10-18-8-3-1-2-4-9-18/h5-6,11,17H,1-4,7-10,16H2. The lowest BCUT2D eigenvalue weighted by Crippen LogP contribution is -2.35. The van der Waals surface area contributed by atoms with Gasteiger partial charge in [0.25, 0.3) is 0 Å². The Morgan fingerprint density at radius 1 is 1.19 bits per heavy atom. The van der Waals surface area contributed by atoms with E-state index in [1.165, 1.54) is 31.7 Å². The Morgan fingerprint density at radius 3 is 2.52 bits per heavy atom. The van der Waals surface area contributed by atoms with E-state index < -0.39 is 10.0 Å². The van der Waals surface area contributed by atoms with Crippen molar-refractivity contribution in [3.8, 4) is 0 Å². The maximum Gasteiger partial charge on any atom is 0.241 e. The third kappa shape index (κ3) is 4.95. The van der Waals surface area contributed by atoms with E-state index in [2.05, 4.69) is 25.6 Å². The fraction of sp³-hybridized carbons (Fsp3) is 0.571. The Kier molecular flexibility index (Phi) is 6.04. The van der Waals surface area contributed by atoms with E-state index in [0.29, 0.717) is 16.7 Å². The average molecular weight is 376 g/mol. The van der Waals surface area contributed by atoms with Gasteiger partial charge in [-0.15, -0.1) is 0 Å². The number of halogens is 1. The first-order chi connectivity index (χ1) is 9.99. The van der Waals surface area contributed by atoms with Gasteiger partial charge < -0.3 is 10.6 Å². The van der Waals surface area contributed by atoms with Crippen molar-refractivity contribution in [2.75, 3.05) is 31.9 Å². The fourth-order valence-electron chi connectivity index (χ4n) is 2.50. The summed E-state index contributed by atoms with van der Waals surface area (Å²) in [5, 5.41) is 0. The van der Waals surface area contributed by atoms with E-state index in [4.69, 9.17) is 5.73 Å². The Morgan fingerprint density at radius 2 is 1.86 bits per heavy atom. The number of nitrogen functional groups attached to an aromatic ring is 1. The first-order valence-corrected chi connectivity index (χ1v) is 9.54. The highest BCUT2D eigenvalue weighted by Gasteiger charge is 2.18. The molecule has 118 valence electrons. The Bertz CT molecular complexity index is 570. The second-order valence-electron chi connectivity index (χ2n) is 5.34. The van der Waals surface area contributed by atoms with Crippen molar-refractivity contribution >= 4 is 31.6 Å². The van der Waals surface area contributed by atoms with Crippen LogP contribution < -0.4 is 10.5 Å². The monoisotopic (exact) mass is 375 g/mol. The van der Waals surface area contributed by atoms with Gasteiger partial charge in [0.1, 0.15) is 0 Å². The molecule has 0 spiro atoms. The zero-order chi connectivity index (χ0) is 15.3. The molecule has 1 aliphatic rings. The van der Waals surface area contributed by atoms with E-state index in [0.717, 1.165) is 19.6 Å². The molecule has 1 heterocycles. The van der Waals surface area contributed by atoms with Crippen LogP contribution in [0, 0.1) is 0 Å². The summed E-state index contributed by atoms with van der Waals surface area (Å²) in [7, 11) is -3.53. The zero-order valence-electron chi connectivity index (χ0n) is 12.0. The van der Waals surface area contributed by atoms with Gasteiger partial charge in [0.15, 0.2) is 0 Å². The molecule has 0 unspecified atom stereocenters. The van der Waals surface area contributed by atoms with Crippen molar-refractivity contribution in [2.45, 2.75) is 30.6 Å². The van der Waals surface area contributed by atoms with Crippen LogP contribution in [-0.2, 0) is 10.0 Å². The molecular formula is C14H22BrN3O2S. The van der Waals surface area contributed by atoms with Crippen LogP contribution in [0.4, 0.5) is 5.69 Å². The molecule has 0 radical (unpaired) electrons. The molecule has 1 aromatic rings. The van der Waals surface area contributed by atoms with Gasteiger partial charge in [-0.25, -0.2) is 13.1 Å². The van der Waals surface area contributed by atoms with Crippen molar-refractivity contribution in [1.29, 1.82) is 0 Å². The summed E-state index contributed by atoms with van der Waals surface area (Å²) in [6.07, 6.45) is 4.96. The number of hydrogen-bond donors (Lipinski definition) is 2. The summed E-state index contributed by atoms with van der Waals surface area (Å²) in [5.74, 6) is 0. The highest BCUT2D eigenvalue weighted by Crippen LogP contribution is 2.23. The number of nitrogens with zero attached hydrogens (tertiary/aromatic N) is 1. The summed E-state index contributed by atoms with van der Waals surface area (Å²) < 4.78 is 27.8. The van der Waals surface area contributed by atoms with Gasteiger partial charge in [-0.1, -0.05) is 12.8 Å². The predicted molar refractivity (Wildman–Crippen MR) is 88.7 cm³/mol. The molecule has 3 N–H and O–H groups in total. The van der Waals surface area contributed by atoms with Gasteiger partial charge in [0.2, 0.25) is 10.0 Å². The van der Waals surface area contributed by atoms with Crippen LogP contribution in [-0.4, -0.2) is 39.5 Å². The maximum absolute atomic E-state index is 12.3. The summed E-state index contributed by atoms with van der Waals surface area (Å²) in [6.45, 7) is 3.29. The smallest absolute Gasteiger partial charge is 0.241 e. The molecule has 7 heteroatoms. The number of nitrogens with one attached hydrogen (secondary N) is 1. The highest BCUT2D eigenvalue weighted by atomic mass is 79.9. The molecule has 1 aliphatic heterocycles. The number of anilines is 1. The van der Waals surface area contributed by atoms with Gasteiger partial charge in [-0.2, -0.15) is 0 Å². The molecular weight excluding hydrogens is 354 g/mol. The quantitative estimate of drug-likeness (QED) is 0.773. The Labute approximate surface area is 135 Å². The molecule has 0 aromatic heterocycles. The van der Waals surface area contributed by atoms with E-state index in [1.54, 1.807) is 12.1 Å². The summed E-state index contributed by atoms with van der Waals surface area (Å²) >= 11 is 3.26. The van der Waals surface area contributed by atoms with Gasteiger partial charge in [-0.3, -0.25) is 0 Å². The normalized spacial score (nSPS) is 17.6. The predicted octanol–water partition coefficient (Wildman–Crippen LogP) is 2.19. The van der Waals surface area contributed by atoms with Gasteiger partial charge in [0, 0.05) is 23.2 Å². The molecule has 21 heavy (non-hydrogen) atoms. The number of hydrogen-bond acceptors (Lipinski definition) is 4. The highest BCUT2D eigenvalue weighted by molar-refractivity contribution is 9.10. The van der Waals surface area contributed by atoms with Crippen molar-refractivity contribution in [2.24, 2.45) is 0 Å². The molecule has 0 bridgehead atoms. The number of rotatable bonds is 5. The largest absolute Gasteiger partial charge is 0.399 e. The first-order valence-electron chi connectivity index (χ1n) is 7.26. The van der Waals surface area contributed by atoms with Crippen LogP contribution in [0.5, 0.6) is 0 Å². The van der Waals surface area contributed by atoms with Crippen molar-refractivity contribution < 1.29 is 8.42 Å². The molecule has 1 fully saturated rings. The van der Waals surface area contributed by atoms with Crippen molar-refractivity contribution in [1.82, 2.24) is 9.62 Å². The van der Waals surface area contributed by atoms with Gasteiger partial charge >= 0.3 is 0 Å². The molecule has 0 amide bonds.